The lowest BCUT2D eigenvalue weighted by Crippen LogP contribution is -2.27. The summed E-state index contributed by atoms with van der Waals surface area (Å²) in [6, 6.07) is 9.17. The van der Waals surface area contributed by atoms with Gasteiger partial charge in [0, 0.05) is 29.9 Å². The minimum absolute atomic E-state index is 0.0479. The number of pyridine rings is 2. The summed E-state index contributed by atoms with van der Waals surface area (Å²) in [5, 5.41) is 13.8. The second-order valence-corrected chi connectivity index (χ2v) is 8.25. The summed E-state index contributed by atoms with van der Waals surface area (Å²) in [7, 11) is 0. The van der Waals surface area contributed by atoms with E-state index in [0.717, 1.165) is 30.8 Å². The van der Waals surface area contributed by atoms with Crippen LogP contribution in [0.3, 0.4) is 0 Å². The molecular weight excluding hydrogens is 447 g/mol. The highest BCUT2D eigenvalue weighted by Crippen LogP contribution is 2.47. The molecule has 8 nitrogen and oxygen atoms in total. The molecule has 0 radical (unpaired) electrons. The van der Waals surface area contributed by atoms with Crippen molar-refractivity contribution in [3.8, 4) is 6.07 Å². The first-order valence-corrected chi connectivity index (χ1v) is 10.6. The van der Waals surface area contributed by atoms with Gasteiger partial charge in [-0.15, -0.1) is 0 Å². The predicted octanol–water partition coefficient (Wildman–Crippen LogP) is 4.07. The van der Waals surface area contributed by atoms with Gasteiger partial charge in [0.05, 0.1) is 6.04 Å². The predicted molar refractivity (Wildman–Crippen MR) is 115 cm³/mol. The molecular formula is C23H18F3N7O. The topological polar surface area (TPSA) is 113 Å². The second kappa shape index (κ2) is 8.06. The normalized spacial score (nSPS) is 18.9. The zero-order valence-electron chi connectivity index (χ0n) is 17.9. The van der Waals surface area contributed by atoms with E-state index in [1.165, 1.54) is 10.7 Å². The van der Waals surface area contributed by atoms with E-state index in [1.807, 2.05) is 24.3 Å². The molecule has 1 aliphatic carbocycles. The summed E-state index contributed by atoms with van der Waals surface area (Å²) < 4.78 is 40.1. The van der Waals surface area contributed by atoms with Crippen LogP contribution in [-0.4, -0.2) is 29.7 Å². The van der Waals surface area contributed by atoms with Crippen molar-refractivity contribution in [1.29, 1.82) is 5.26 Å². The van der Waals surface area contributed by atoms with E-state index >= 15 is 0 Å². The van der Waals surface area contributed by atoms with E-state index in [9.17, 15) is 23.2 Å². The first-order valence-electron chi connectivity index (χ1n) is 10.6. The Hall–Kier alpha value is -4.07. The largest absolute Gasteiger partial charge is 0.433 e. The van der Waals surface area contributed by atoms with Crippen LogP contribution >= 0.6 is 0 Å². The highest BCUT2D eigenvalue weighted by Gasteiger charge is 2.37. The molecule has 4 heterocycles. The van der Waals surface area contributed by atoms with Gasteiger partial charge in [0.15, 0.2) is 11.3 Å². The fraction of sp³-hybridized carbons (Fsp3) is 0.304. The van der Waals surface area contributed by atoms with E-state index < -0.39 is 23.5 Å². The highest BCUT2D eigenvalue weighted by molar-refractivity contribution is 5.80. The molecule has 0 aliphatic heterocycles. The van der Waals surface area contributed by atoms with E-state index in [-0.39, 0.29) is 28.6 Å². The van der Waals surface area contributed by atoms with Crippen molar-refractivity contribution in [2.75, 3.05) is 0 Å². The molecule has 34 heavy (non-hydrogen) atoms. The number of hydrogen-bond acceptors (Lipinski definition) is 6. The average Bonchev–Trinajstić information content (AvgIpc) is 3.17. The third kappa shape index (κ3) is 3.61. The van der Waals surface area contributed by atoms with Crippen LogP contribution in [0.4, 0.5) is 13.2 Å². The van der Waals surface area contributed by atoms with E-state index in [2.05, 4.69) is 25.0 Å². The van der Waals surface area contributed by atoms with E-state index in [1.54, 1.807) is 13.1 Å². The van der Waals surface area contributed by atoms with Crippen molar-refractivity contribution >= 4 is 11.0 Å². The maximum absolute atomic E-state index is 12.9. The van der Waals surface area contributed by atoms with E-state index in [4.69, 9.17) is 0 Å². The Morgan fingerprint density at radius 2 is 1.97 bits per heavy atom. The number of aromatic nitrogens is 6. The third-order valence-corrected chi connectivity index (χ3v) is 6.31. The fourth-order valence-electron chi connectivity index (χ4n) is 4.32. The zero-order valence-corrected chi connectivity index (χ0v) is 17.9. The van der Waals surface area contributed by atoms with Crippen molar-refractivity contribution in [3.63, 3.8) is 0 Å². The second-order valence-electron chi connectivity index (χ2n) is 8.25. The standard InChI is InChI=1S/C23H18F3N7O/c1-12(13-5-8-18(29-11-13)23(24,25)26)33-21-19(17(10-27)32-33)22(34)31-20(30-21)15-7-6-14(15)16-4-2-3-9-28-16/h2-5,8-9,11-12,14-15H,6-7H2,1H3,(H,30,31,34)/t12-,14+,15+/m1/s1. The molecule has 4 aromatic heterocycles. The summed E-state index contributed by atoms with van der Waals surface area (Å²) in [6.07, 6.45) is 0.000178. The summed E-state index contributed by atoms with van der Waals surface area (Å²) in [5.74, 6) is 0.525. The molecule has 0 unspecified atom stereocenters. The number of nitriles is 1. The molecule has 1 saturated carbocycles. The lowest BCUT2D eigenvalue weighted by Gasteiger charge is -2.35. The number of nitrogens with one attached hydrogen (secondary N) is 1. The molecule has 172 valence electrons. The molecule has 4 aromatic rings. The van der Waals surface area contributed by atoms with Crippen LogP contribution in [0, 0.1) is 11.3 Å². The van der Waals surface area contributed by atoms with Gasteiger partial charge in [-0.25, -0.2) is 9.67 Å². The van der Waals surface area contributed by atoms with Crippen LogP contribution < -0.4 is 5.56 Å². The van der Waals surface area contributed by atoms with Crippen LogP contribution in [0.25, 0.3) is 11.0 Å². The molecule has 1 N–H and O–H groups in total. The van der Waals surface area contributed by atoms with Gasteiger partial charge in [-0.05, 0) is 43.5 Å². The van der Waals surface area contributed by atoms with Gasteiger partial charge < -0.3 is 4.98 Å². The van der Waals surface area contributed by atoms with Gasteiger partial charge in [-0.3, -0.25) is 14.8 Å². The van der Waals surface area contributed by atoms with Gasteiger partial charge >= 0.3 is 6.18 Å². The summed E-state index contributed by atoms with van der Waals surface area (Å²) in [6.45, 7) is 1.69. The first-order chi connectivity index (χ1) is 16.3. The molecule has 0 bridgehead atoms. The Morgan fingerprint density at radius 1 is 1.18 bits per heavy atom. The fourth-order valence-corrected chi connectivity index (χ4v) is 4.32. The van der Waals surface area contributed by atoms with Crippen LogP contribution in [0.5, 0.6) is 0 Å². The monoisotopic (exact) mass is 465 g/mol. The summed E-state index contributed by atoms with van der Waals surface area (Å²) in [4.78, 5) is 28.3. The van der Waals surface area contributed by atoms with Crippen molar-refractivity contribution in [2.45, 2.75) is 43.8 Å². The van der Waals surface area contributed by atoms with E-state index in [0.29, 0.717) is 11.4 Å². The molecule has 1 aliphatic rings. The Kier molecular flexibility index (Phi) is 5.16. The lowest BCUT2D eigenvalue weighted by atomic mass is 9.71. The number of alkyl halides is 3. The molecule has 0 amide bonds. The molecule has 1 fully saturated rings. The molecule has 0 saturated heterocycles. The number of nitrogens with zero attached hydrogens (tertiary/aromatic N) is 6. The minimum atomic E-state index is -4.55. The van der Waals surface area contributed by atoms with Crippen LogP contribution in [-0.2, 0) is 6.18 Å². The van der Waals surface area contributed by atoms with Crippen molar-refractivity contribution < 1.29 is 13.2 Å². The first kappa shape index (κ1) is 21.8. The van der Waals surface area contributed by atoms with Crippen molar-refractivity contribution in [3.05, 3.63) is 81.5 Å². The van der Waals surface area contributed by atoms with Gasteiger partial charge in [-0.1, -0.05) is 12.1 Å². The Bertz CT molecular complexity index is 1450. The number of H-pyrrole nitrogens is 1. The molecule has 11 heteroatoms. The van der Waals surface area contributed by atoms with Crippen molar-refractivity contribution in [2.24, 2.45) is 0 Å². The number of halogens is 3. The lowest BCUT2D eigenvalue weighted by molar-refractivity contribution is -0.141. The smallest absolute Gasteiger partial charge is 0.310 e. The molecule has 0 aromatic carbocycles. The maximum Gasteiger partial charge on any atom is 0.433 e. The SMILES string of the molecule is C[C@H](c1ccc(C(F)(F)F)nc1)n1nc(C#N)c2c(=O)[nH]c([C@H]3CC[C@@H]3c3ccccn3)nc21. The maximum atomic E-state index is 12.9. The Morgan fingerprint density at radius 3 is 2.56 bits per heavy atom. The van der Waals surface area contributed by atoms with Gasteiger partial charge in [-0.2, -0.15) is 23.5 Å². The Labute approximate surface area is 191 Å². The van der Waals surface area contributed by atoms with Crippen molar-refractivity contribution in [1.82, 2.24) is 29.7 Å². The summed E-state index contributed by atoms with van der Waals surface area (Å²) in [5.41, 5.74) is -0.0372. The van der Waals surface area contributed by atoms with Crippen LogP contribution in [0.15, 0.2) is 47.5 Å². The average molecular weight is 465 g/mol. The molecule has 0 spiro atoms. The van der Waals surface area contributed by atoms with Gasteiger partial charge in [0.1, 0.15) is 23.0 Å². The Balaban J connectivity index is 1.57. The zero-order chi connectivity index (χ0) is 24.0. The van der Waals surface area contributed by atoms with Crippen LogP contribution in [0.1, 0.15) is 66.1 Å². The number of rotatable bonds is 4. The van der Waals surface area contributed by atoms with Crippen LogP contribution in [0.2, 0.25) is 0 Å². The molecule has 3 atom stereocenters. The third-order valence-electron chi connectivity index (χ3n) is 6.31. The number of hydrogen-bond donors (Lipinski definition) is 1. The quantitative estimate of drug-likeness (QED) is 0.486. The molecule has 5 rings (SSSR count). The minimum Gasteiger partial charge on any atom is -0.310 e. The number of aromatic amines is 1. The highest BCUT2D eigenvalue weighted by atomic mass is 19.4. The number of fused-ring (bicyclic) bond motifs is 1. The van der Waals surface area contributed by atoms with Gasteiger partial charge in [0.2, 0.25) is 0 Å². The van der Waals surface area contributed by atoms with Gasteiger partial charge in [0.25, 0.3) is 5.56 Å². The summed E-state index contributed by atoms with van der Waals surface area (Å²) >= 11 is 0.